The van der Waals surface area contributed by atoms with Gasteiger partial charge in [-0.2, -0.15) is 0 Å². The standard InChI is InChI=1S/C26H29FN2O5S/c1-26(2,3)23-12-18(22-13-20(27)14-28-25(22)31)10-17(24(23)34-4)7-6-16-8-9-21(11-19(16)15-30)29-35(5,32)33/h6-14,29-30H,15H2,1-5H3,(H,28,31). The first-order valence-corrected chi connectivity index (χ1v) is 12.7. The molecule has 9 heteroatoms. The maximum Gasteiger partial charge on any atom is 0.256 e. The summed E-state index contributed by atoms with van der Waals surface area (Å²) in [5.41, 5.74) is 2.97. The number of benzene rings is 2. The SMILES string of the molecule is COc1c(C=Cc2ccc(NS(C)(=O)=O)cc2CO)cc(-c2cc(F)c[nH]c2=O)cc1C(C)(C)C. The monoisotopic (exact) mass is 500 g/mol. The van der Waals surface area contributed by atoms with E-state index in [2.05, 4.69) is 9.71 Å². The average molecular weight is 501 g/mol. The van der Waals surface area contributed by atoms with Gasteiger partial charge in [-0.1, -0.05) is 39.0 Å². The molecule has 1 heterocycles. The average Bonchev–Trinajstić information content (AvgIpc) is 2.77. The number of H-pyrrole nitrogens is 1. The molecule has 0 radical (unpaired) electrons. The van der Waals surface area contributed by atoms with E-state index in [1.54, 1.807) is 43.5 Å². The number of halogens is 1. The number of methoxy groups -OCH3 is 1. The third-order valence-corrected chi connectivity index (χ3v) is 5.97. The summed E-state index contributed by atoms with van der Waals surface area (Å²) in [6.07, 6.45) is 5.61. The second-order valence-electron chi connectivity index (χ2n) is 9.24. The highest BCUT2D eigenvalue weighted by Gasteiger charge is 2.23. The van der Waals surface area contributed by atoms with Crippen LogP contribution in [-0.4, -0.2) is 31.9 Å². The van der Waals surface area contributed by atoms with Crippen molar-refractivity contribution < 1.29 is 22.7 Å². The van der Waals surface area contributed by atoms with Gasteiger partial charge in [0.1, 0.15) is 11.6 Å². The summed E-state index contributed by atoms with van der Waals surface area (Å²) in [5.74, 6) is 0.0476. The van der Waals surface area contributed by atoms with Crippen molar-refractivity contribution in [1.82, 2.24) is 4.98 Å². The minimum absolute atomic E-state index is 0.194. The Morgan fingerprint density at radius 1 is 1.11 bits per heavy atom. The number of aromatic amines is 1. The zero-order valence-corrected chi connectivity index (χ0v) is 21.1. The van der Waals surface area contributed by atoms with Gasteiger partial charge >= 0.3 is 0 Å². The van der Waals surface area contributed by atoms with Crippen molar-refractivity contribution in [2.75, 3.05) is 18.1 Å². The van der Waals surface area contributed by atoms with E-state index < -0.39 is 21.4 Å². The molecule has 35 heavy (non-hydrogen) atoms. The number of aromatic nitrogens is 1. The Hall–Kier alpha value is -3.43. The molecule has 0 saturated heterocycles. The summed E-state index contributed by atoms with van der Waals surface area (Å²) < 4.78 is 45.1. The molecule has 0 unspecified atom stereocenters. The van der Waals surface area contributed by atoms with Gasteiger partial charge < -0.3 is 14.8 Å². The molecule has 0 aliphatic carbocycles. The van der Waals surface area contributed by atoms with E-state index in [0.717, 1.165) is 18.0 Å². The fourth-order valence-corrected chi connectivity index (χ4v) is 4.30. The number of ether oxygens (including phenoxy) is 1. The lowest BCUT2D eigenvalue weighted by atomic mass is 9.83. The first-order chi connectivity index (χ1) is 16.3. The van der Waals surface area contributed by atoms with Crippen molar-refractivity contribution in [1.29, 1.82) is 0 Å². The number of sulfonamides is 1. The Balaban J connectivity index is 2.17. The summed E-state index contributed by atoms with van der Waals surface area (Å²) >= 11 is 0. The second-order valence-corrected chi connectivity index (χ2v) is 11.0. The third-order valence-electron chi connectivity index (χ3n) is 5.37. The summed E-state index contributed by atoms with van der Waals surface area (Å²) in [5, 5.41) is 9.83. The minimum Gasteiger partial charge on any atom is -0.496 e. The molecule has 0 atom stereocenters. The molecule has 3 N–H and O–H groups in total. The van der Waals surface area contributed by atoms with E-state index in [9.17, 15) is 22.7 Å². The highest BCUT2D eigenvalue weighted by atomic mass is 32.2. The molecule has 2 aromatic carbocycles. The fraction of sp³-hybridized carbons (Fsp3) is 0.269. The van der Waals surface area contributed by atoms with E-state index in [-0.39, 0.29) is 17.6 Å². The summed E-state index contributed by atoms with van der Waals surface area (Å²) in [6, 6.07) is 9.60. The Labute approximate surface area is 204 Å². The lowest BCUT2D eigenvalue weighted by Gasteiger charge is -2.24. The highest BCUT2D eigenvalue weighted by Crippen LogP contribution is 2.38. The van der Waals surface area contributed by atoms with Gasteiger partial charge in [0.2, 0.25) is 10.0 Å². The Kier molecular flexibility index (Phi) is 7.52. The summed E-state index contributed by atoms with van der Waals surface area (Å²) in [7, 11) is -1.90. The number of nitrogens with one attached hydrogen (secondary N) is 2. The number of anilines is 1. The topological polar surface area (TPSA) is 108 Å². The Morgan fingerprint density at radius 3 is 2.40 bits per heavy atom. The maximum absolute atomic E-state index is 13.9. The van der Waals surface area contributed by atoms with E-state index in [1.165, 1.54) is 6.07 Å². The minimum atomic E-state index is -3.46. The van der Waals surface area contributed by atoms with E-state index in [1.807, 2.05) is 26.8 Å². The van der Waals surface area contributed by atoms with Crippen LogP contribution >= 0.6 is 0 Å². The van der Waals surface area contributed by atoms with Gasteiger partial charge in [0.05, 0.1) is 20.0 Å². The fourth-order valence-electron chi connectivity index (χ4n) is 3.75. The molecule has 186 valence electrons. The van der Waals surface area contributed by atoms with Gasteiger partial charge in [-0.15, -0.1) is 0 Å². The van der Waals surface area contributed by atoms with Crippen molar-refractivity contribution in [3.05, 3.63) is 81.0 Å². The third kappa shape index (κ3) is 6.37. The molecule has 3 aromatic rings. The number of pyridine rings is 1. The lowest BCUT2D eigenvalue weighted by Crippen LogP contribution is -2.15. The smallest absolute Gasteiger partial charge is 0.256 e. The largest absolute Gasteiger partial charge is 0.496 e. The molecule has 0 amide bonds. The van der Waals surface area contributed by atoms with Crippen molar-refractivity contribution in [2.24, 2.45) is 0 Å². The van der Waals surface area contributed by atoms with Crippen LogP contribution in [0.1, 0.15) is 43.0 Å². The van der Waals surface area contributed by atoms with Crippen LogP contribution < -0.4 is 15.0 Å². The van der Waals surface area contributed by atoms with Crippen molar-refractivity contribution >= 4 is 27.9 Å². The lowest BCUT2D eigenvalue weighted by molar-refractivity contribution is 0.281. The quantitative estimate of drug-likeness (QED) is 0.414. The summed E-state index contributed by atoms with van der Waals surface area (Å²) in [4.78, 5) is 14.9. The van der Waals surface area contributed by atoms with Crippen LogP contribution in [0.15, 0.2) is 47.4 Å². The molecule has 0 fully saturated rings. The van der Waals surface area contributed by atoms with Crippen LogP contribution in [0.4, 0.5) is 10.1 Å². The molecule has 0 bridgehead atoms. The van der Waals surface area contributed by atoms with Gasteiger partial charge in [0.25, 0.3) is 5.56 Å². The van der Waals surface area contributed by atoms with E-state index >= 15 is 0 Å². The molecule has 0 aliphatic heterocycles. The van der Waals surface area contributed by atoms with Gasteiger partial charge in [-0.25, -0.2) is 12.8 Å². The molecule has 0 saturated carbocycles. The van der Waals surface area contributed by atoms with E-state index in [4.69, 9.17) is 4.74 Å². The number of hydrogen-bond acceptors (Lipinski definition) is 5. The molecular weight excluding hydrogens is 471 g/mol. The van der Waals surface area contributed by atoms with Crippen molar-refractivity contribution in [3.63, 3.8) is 0 Å². The second kappa shape index (κ2) is 10.1. The maximum atomic E-state index is 13.9. The number of hydrogen-bond donors (Lipinski definition) is 3. The highest BCUT2D eigenvalue weighted by molar-refractivity contribution is 7.92. The van der Waals surface area contributed by atoms with Crippen LogP contribution in [0, 0.1) is 5.82 Å². The molecule has 0 spiro atoms. The Morgan fingerprint density at radius 2 is 1.80 bits per heavy atom. The zero-order valence-electron chi connectivity index (χ0n) is 20.3. The van der Waals surface area contributed by atoms with E-state index in [0.29, 0.717) is 33.7 Å². The van der Waals surface area contributed by atoms with Gasteiger partial charge in [-0.3, -0.25) is 9.52 Å². The van der Waals surface area contributed by atoms with Crippen LogP contribution in [0.5, 0.6) is 5.75 Å². The predicted octanol–water partition coefficient (Wildman–Crippen LogP) is 4.52. The first kappa shape index (κ1) is 26.2. The molecule has 0 aliphatic rings. The number of rotatable bonds is 7. The zero-order chi connectivity index (χ0) is 26.0. The molecule has 1 aromatic heterocycles. The van der Waals surface area contributed by atoms with Crippen LogP contribution in [0.3, 0.4) is 0 Å². The van der Waals surface area contributed by atoms with Gasteiger partial charge in [0.15, 0.2) is 0 Å². The normalized spacial score (nSPS) is 12.2. The molecule has 3 rings (SSSR count). The van der Waals surface area contributed by atoms with Crippen molar-refractivity contribution in [3.8, 4) is 16.9 Å². The first-order valence-electron chi connectivity index (χ1n) is 10.8. The van der Waals surface area contributed by atoms with Gasteiger partial charge in [-0.05, 0) is 52.4 Å². The van der Waals surface area contributed by atoms with Crippen molar-refractivity contribution in [2.45, 2.75) is 32.8 Å². The Bertz CT molecular complexity index is 1440. The van der Waals surface area contributed by atoms with Gasteiger partial charge in [0, 0.05) is 28.6 Å². The summed E-state index contributed by atoms with van der Waals surface area (Å²) in [6.45, 7) is 5.72. The van der Waals surface area contributed by atoms with Crippen LogP contribution in [0.25, 0.3) is 23.3 Å². The van der Waals surface area contributed by atoms with Crippen LogP contribution in [-0.2, 0) is 22.0 Å². The number of aliphatic hydroxyl groups is 1. The number of aliphatic hydroxyl groups excluding tert-OH is 1. The molecular formula is C26H29FN2O5S. The molecule has 7 nitrogen and oxygen atoms in total. The predicted molar refractivity (Wildman–Crippen MR) is 137 cm³/mol. The van der Waals surface area contributed by atoms with Crippen LogP contribution in [0.2, 0.25) is 0 Å².